The summed E-state index contributed by atoms with van der Waals surface area (Å²) in [5.41, 5.74) is 2.78. The lowest BCUT2D eigenvalue weighted by atomic mass is 10.1. The van der Waals surface area contributed by atoms with E-state index in [4.69, 9.17) is 4.42 Å². The van der Waals surface area contributed by atoms with E-state index in [2.05, 4.69) is 12.1 Å². The van der Waals surface area contributed by atoms with Gasteiger partial charge >= 0.3 is 0 Å². The van der Waals surface area contributed by atoms with E-state index < -0.39 is 0 Å². The zero-order chi connectivity index (χ0) is 23.2. The van der Waals surface area contributed by atoms with E-state index in [1.807, 2.05) is 73.3 Å². The second-order valence-corrected chi connectivity index (χ2v) is 9.01. The van der Waals surface area contributed by atoms with Gasteiger partial charge in [0.05, 0.1) is 6.54 Å². The molecule has 1 fully saturated rings. The van der Waals surface area contributed by atoms with E-state index in [0.29, 0.717) is 31.1 Å². The predicted molar refractivity (Wildman–Crippen MR) is 129 cm³/mol. The molecule has 0 spiro atoms. The molecule has 2 aromatic carbocycles. The Morgan fingerprint density at radius 3 is 2.30 bits per heavy atom. The number of benzene rings is 2. The van der Waals surface area contributed by atoms with Crippen molar-refractivity contribution in [2.75, 3.05) is 19.6 Å². The molecule has 4 rings (SSSR count). The lowest BCUT2D eigenvalue weighted by Gasteiger charge is -2.28. The molecule has 0 N–H and O–H groups in total. The van der Waals surface area contributed by atoms with Crippen molar-refractivity contribution < 1.29 is 14.0 Å². The molecule has 1 aromatic heterocycles. The number of hydrogen-bond donors (Lipinski definition) is 0. The molecule has 1 aliphatic carbocycles. The van der Waals surface area contributed by atoms with Gasteiger partial charge in [-0.1, -0.05) is 48.5 Å². The van der Waals surface area contributed by atoms with Crippen molar-refractivity contribution in [2.45, 2.75) is 39.7 Å². The Labute approximate surface area is 196 Å². The highest BCUT2D eigenvalue weighted by molar-refractivity contribution is 5.97. The van der Waals surface area contributed by atoms with Crippen molar-refractivity contribution in [1.29, 1.82) is 0 Å². The molecule has 1 heterocycles. The van der Waals surface area contributed by atoms with Crippen molar-refractivity contribution in [2.24, 2.45) is 5.92 Å². The molecule has 172 valence electrons. The van der Waals surface area contributed by atoms with Crippen LogP contribution in [0.1, 0.15) is 45.8 Å². The highest BCUT2D eigenvalue weighted by Gasteiger charge is 2.30. The minimum Gasteiger partial charge on any atom is -0.464 e. The van der Waals surface area contributed by atoms with E-state index in [1.165, 1.54) is 5.56 Å². The Morgan fingerprint density at radius 1 is 0.909 bits per heavy atom. The number of rotatable bonds is 10. The Hall–Kier alpha value is -3.34. The molecule has 1 aliphatic rings. The molecule has 5 heteroatoms. The molecular formula is C28H32N2O3. The Kier molecular flexibility index (Phi) is 7.28. The molecule has 5 nitrogen and oxygen atoms in total. The molecule has 0 unspecified atom stereocenters. The molecule has 0 radical (unpaired) electrons. The first-order valence-corrected chi connectivity index (χ1v) is 11.7. The van der Waals surface area contributed by atoms with Gasteiger partial charge in [0, 0.05) is 18.7 Å². The highest BCUT2D eigenvalue weighted by atomic mass is 16.3. The van der Waals surface area contributed by atoms with E-state index in [1.54, 1.807) is 4.90 Å². The van der Waals surface area contributed by atoms with Crippen LogP contribution in [0.2, 0.25) is 0 Å². The molecular weight excluding hydrogens is 412 g/mol. The maximum atomic E-state index is 13.5. The molecule has 0 bridgehead atoms. The molecule has 0 aliphatic heterocycles. The number of aryl methyl sites for hydroxylation is 2. The van der Waals surface area contributed by atoms with Gasteiger partial charge in [0.15, 0.2) is 0 Å². The largest absolute Gasteiger partial charge is 0.464 e. The highest BCUT2D eigenvalue weighted by Crippen LogP contribution is 2.30. The van der Waals surface area contributed by atoms with Gasteiger partial charge in [0.2, 0.25) is 5.91 Å². The van der Waals surface area contributed by atoms with Crippen molar-refractivity contribution >= 4 is 11.8 Å². The quantitative estimate of drug-likeness (QED) is 0.441. The lowest BCUT2D eigenvalue weighted by molar-refractivity contribution is -0.132. The topological polar surface area (TPSA) is 53.8 Å². The zero-order valence-electron chi connectivity index (χ0n) is 19.5. The molecule has 2 amide bonds. The van der Waals surface area contributed by atoms with Crippen molar-refractivity contribution in [3.8, 4) is 0 Å². The SMILES string of the molecule is Cc1ccc(CN(CCc2ccccc2)C(=O)CN(CC2CC2)C(=O)c2ccccc2C)o1. The molecule has 33 heavy (non-hydrogen) atoms. The third-order valence-corrected chi connectivity index (χ3v) is 6.17. The van der Waals surface area contributed by atoms with Crippen LogP contribution in [0.25, 0.3) is 0 Å². The standard InChI is InChI=1S/C28H32N2O3/c1-21-8-6-7-11-26(21)28(32)30(18-24-13-14-24)20-27(31)29(19-25-15-12-22(2)33-25)17-16-23-9-4-3-5-10-23/h3-12,15,24H,13-14,16-20H2,1-2H3. The predicted octanol–water partition coefficient (Wildman–Crippen LogP) is 5.02. The van der Waals surface area contributed by atoms with Gasteiger partial charge in [-0.25, -0.2) is 0 Å². The van der Waals surface area contributed by atoms with Crippen LogP contribution in [0.15, 0.2) is 71.1 Å². The maximum Gasteiger partial charge on any atom is 0.254 e. The number of carbonyl (C=O) groups is 2. The summed E-state index contributed by atoms with van der Waals surface area (Å²) in [7, 11) is 0. The Morgan fingerprint density at radius 2 is 1.64 bits per heavy atom. The zero-order valence-corrected chi connectivity index (χ0v) is 19.5. The van der Waals surface area contributed by atoms with Crippen LogP contribution in [-0.2, 0) is 17.8 Å². The number of carbonyl (C=O) groups excluding carboxylic acids is 2. The average Bonchev–Trinajstić information content (AvgIpc) is 3.55. The fourth-order valence-corrected chi connectivity index (χ4v) is 4.04. The summed E-state index contributed by atoms with van der Waals surface area (Å²) >= 11 is 0. The molecule has 3 aromatic rings. The maximum absolute atomic E-state index is 13.5. The minimum atomic E-state index is -0.0646. The molecule has 0 saturated heterocycles. The number of hydrogen-bond acceptors (Lipinski definition) is 3. The fourth-order valence-electron chi connectivity index (χ4n) is 4.04. The Bertz CT molecular complexity index is 1090. The first-order chi connectivity index (χ1) is 16.0. The van der Waals surface area contributed by atoms with E-state index in [9.17, 15) is 9.59 Å². The molecule has 0 atom stereocenters. The van der Waals surface area contributed by atoms with Gasteiger partial charge in [-0.3, -0.25) is 9.59 Å². The first kappa shape index (κ1) is 22.8. The number of nitrogens with zero attached hydrogens (tertiary/aromatic N) is 2. The smallest absolute Gasteiger partial charge is 0.254 e. The summed E-state index contributed by atoms with van der Waals surface area (Å²) in [6.07, 6.45) is 2.99. The number of furan rings is 1. The average molecular weight is 445 g/mol. The minimum absolute atomic E-state index is 0.0532. The van der Waals surface area contributed by atoms with Crippen molar-refractivity contribution in [1.82, 2.24) is 9.80 Å². The van der Waals surface area contributed by atoms with E-state index >= 15 is 0 Å². The summed E-state index contributed by atoms with van der Waals surface area (Å²) in [6, 6.07) is 21.6. The van der Waals surface area contributed by atoms with Crippen LogP contribution in [0.5, 0.6) is 0 Å². The third kappa shape index (κ3) is 6.35. The van der Waals surface area contributed by atoms with Crippen LogP contribution in [-0.4, -0.2) is 41.2 Å². The van der Waals surface area contributed by atoms with Gasteiger partial charge in [0.25, 0.3) is 5.91 Å². The summed E-state index contributed by atoms with van der Waals surface area (Å²) in [5, 5.41) is 0. The van der Waals surface area contributed by atoms with E-state index in [0.717, 1.165) is 36.3 Å². The second kappa shape index (κ2) is 10.5. The molecule has 1 saturated carbocycles. The van der Waals surface area contributed by atoms with Crippen molar-refractivity contribution in [3.63, 3.8) is 0 Å². The van der Waals surface area contributed by atoms with Gasteiger partial charge in [-0.15, -0.1) is 0 Å². The van der Waals surface area contributed by atoms with Gasteiger partial charge in [-0.05, 0) is 68.4 Å². The number of amides is 2. The van der Waals surface area contributed by atoms with Crippen LogP contribution < -0.4 is 0 Å². The third-order valence-electron chi connectivity index (χ3n) is 6.17. The van der Waals surface area contributed by atoms with Gasteiger partial charge in [0.1, 0.15) is 18.1 Å². The second-order valence-electron chi connectivity index (χ2n) is 9.01. The first-order valence-electron chi connectivity index (χ1n) is 11.7. The van der Waals surface area contributed by atoms with E-state index in [-0.39, 0.29) is 18.4 Å². The van der Waals surface area contributed by atoms with Crippen molar-refractivity contribution in [3.05, 3.63) is 94.9 Å². The van der Waals surface area contributed by atoms with Crippen LogP contribution in [0, 0.1) is 19.8 Å². The van der Waals surface area contributed by atoms with Crippen LogP contribution in [0.4, 0.5) is 0 Å². The van der Waals surface area contributed by atoms with Gasteiger partial charge < -0.3 is 14.2 Å². The Balaban J connectivity index is 1.50. The summed E-state index contributed by atoms with van der Waals surface area (Å²) in [4.78, 5) is 30.4. The summed E-state index contributed by atoms with van der Waals surface area (Å²) in [6.45, 7) is 5.52. The normalized spacial score (nSPS) is 13.0. The van der Waals surface area contributed by atoms with Crippen LogP contribution >= 0.6 is 0 Å². The summed E-state index contributed by atoms with van der Waals surface area (Å²) in [5.74, 6) is 1.96. The van der Waals surface area contributed by atoms with Gasteiger partial charge in [-0.2, -0.15) is 0 Å². The lowest BCUT2D eigenvalue weighted by Crippen LogP contribution is -2.44. The summed E-state index contributed by atoms with van der Waals surface area (Å²) < 4.78 is 5.75. The fraction of sp³-hybridized carbons (Fsp3) is 0.357. The monoisotopic (exact) mass is 444 g/mol. The van der Waals surface area contributed by atoms with Crippen LogP contribution in [0.3, 0.4) is 0 Å².